The average Bonchev–Trinajstić information content (AvgIpc) is 2.33. The largest absolute Gasteiger partial charge is 0.386 e. The molecule has 0 aliphatic carbocycles. The summed E-state index contributed by atoms with van der Waals surface area (Å²) in [4.78, 5) is 0. The molecular weight excluding hydrogens is 240 g/mol. The van der Waals surface area contributed by atoms with E-state index in [1.807, 2.05) is 0 Å². The van der Waals surface area contributed by atoms with Gasteiger partial charge in [-0.05, 0) is 40.5 Å². The third kappa shape index (κ3) is 9.93. The summed E-state index contributed by atoms with van der Waals surface area (Å²) in [5, 5.41) is 3.29. The second-order valence-corrected chi connectivity index (χ2v) is 6.07. The standard InChI is InChI=1S/C15H32N2O2/c1-7-13(2)17-12-15(5,6)18-10-8-14(3,4)19-11-9-16/h17H,2,7-12,16H2,1,3-6H3. The SMILES string of the molecule is C=C(CC)NCC(C)(C)OCCC(C)(C)OCCN. The van der Waals surface area contributed by atoms with Crippen molar-refractivity contribution in [3.63, 3.8) is 0 Å². The number of hydrogen-bond donors (Lipinski definition) is 2. The number of hydrogen-bond acceptors (Lipinski definition) is 4. The third-order valence-electron chi connectivity index (χ3n) is 3.00. The minimum Gasteiger partial charge on any atom is -0.386 e. The Hall–Kier alpha value is -0.580. The molecule has 0 saturated carbocycles. The summed E-state index contributed by atoms with van der Waals surface area (Å²) in [6.45, 7) is 16.9. The summed E-state index contributed by atoms with van der Waals surface area (Å²) in [7, 11) is 0. The highest BCUT2D eigenvalue weighted by Crippen LogP contribution is 2.17. The van der Waals surface area contributed by atoms with Gasteiger partial charge in [-0.15, -0.1) is 0 Å². The van der Waals surface area contributed by atoms with Gasteiger partial charge in [0.05, 0.1) is 24.4 Å². The Kier molecular flexibility index (Phi) is 8.30. The maximum atomic E-state index is 5.93. The van der Waals surface area contributed by atoms with Crippen molar-refractivity contribution in [1.82, 2.24) is 5.32 Å². The molecule has 0 amide bonds. The summed E-state index contributed by atoms with van der Waals surface area (Å²) in [5.41, 5.74) is 6.10. The van der Waals surface area contributed by atoms with Crippen molar-refractivity contribution in [2.75, 3.05) is 26.3 Å². The average molecular weight is 272 g/mol. The highest BCUT2D eigenvalue weighted by molar-refractivity contribution is 4.91. The van der Waals surface area contributed by atoms with Crippen LogP contribution in [0.3, 0.4) is 0 Å². The van der Waals surface area contributed by atoms with E-state index in [0.717, 1.165) is 25.1 Å². The molecule has 0 unspecified atom stereocenters. The maximum absolute atomic E-state index is 5.93. The van der Waals surface area contributed by atoms with E-state index >= 15 is 0 Å². The van der Waals surface area contributed by atoms with E-state index in [9.17, 15) is 0 Å². The Morgan fingerprint density at radius 1 is 1.11 bits per heavy atom. The van der Waals surface area contributed by atoms with Crippen molar-refractivity contribution in [3.05, 3.63) is 12.3 Å². The van der Waals surface area contributed by atoms with E-state index in [0.29, 0.717) is 19.8 Å². The van der Waals surface area contributed by atoms with Crippen LogP contribution in [0.15, 0.2) is 12.3 Å². The fraction of sp³-hybridized carbons (Fsp3) is 0.867. The fourth-order valence-corrected chi connectivity index (χ4v) is 1.49. The molecule has 0 heterocycles. The van der Waals surface area contributed by atoms with Gasteiger partial charge in [-0.25, -0.2) is 0 Å². The van der Waals surface area contributed by atoms with Crippen molar-refractivity contribution in [3.8, 4) is 0 Å². The van der Waals surface area contributed by atoms with Crippen LogP contribution in [-0.2, 0) is 9.47 Å². The summed E-state index contributed by atoms with van der Waals surface area (Å²) in [6.07, 6.45) is 1.79. The molecule has 0 aromatic rings. The van der Waals surface area contributed by atoms with Crippen molar-refractivity contribution in [2.24, 2.45) is 5.73 Å². The molecule has 4 heteroatoms. The second-order valence-electron chi connectivity index (χ2n) is 6.07. The Bertz CT molecular complexity index is 263. The number of nitrogens with one attached hydrogen (secondary N) is 1. The zero-order valence-electron chi connectivity index (χ0n) is 13.3. The lowest BCUT2D eigenvalue weighted by Gasteiger charge is -2.30. The number of ether oxygens (including phenoxy) is 2. The Labute approximate surface area is 118 Å². The van der Waals surface area contributed by atoms with Crippen molar-refractivity contribution < 1.29 is 9.47 Å². The Balaban J connectivity index is 3.93. The first-order valence-electron chi connectivity index (χ1n) is 7.12. The van der Waals surface area contributed by atoms with Crippen LogP contribution in [0.5, 0.6) is 0 Å². The quantitative estimate of drug-likeness (QED) is 0.606. The van der Waals surface area contributed by atoms with Gasteiger partial charge < -0.3 is 20.5 Å². The monoisotopic (exact) mass is 272 g/mol. The van der Waals surface area contributed by atoms with Crippen LogP contribution in [0.4, 0.5) is 0 Å². The smallest absolute Gasteiger partial charge is 0.0797 e. The van der Waals surface area contributed by atoms with E-state index in [1.165, 1.54) is 0 Å². The van der Waals surface area contributed by atoms with Gasteiger partial charge in [0.1, 0.15) is 0 Å². The molecule has 0 spiro atoms. The van der Waals surface area contributed by atoms with Gasteiger partial charge in [0, 0.05) is 18.8 Å². The van der Waals surface area contributed by atoms with E-state index in [-0.39, 0.29) is 11.2 Å². The Morgan fingerprint density at radius 3 is 2.21 bits per heavy atom. The highest BCUT2D eigenvalue weighted by Gasteiger charge is 2.22. The predicted octanol–water partition coefficient (Wildman–Crippen LogP) is 2.44. The van der Waals surface area contributed by atoms with Crippen LogP contribution >= 0.6 is 0 Å². The topological polar surface area (TPSA) is 56.5 Å². The predicted molar refractivity (Wildman–Crippen MR) is 81.2 cm³/mol. The van der Waals surface area contributed by atoms with Crippen molar-refractivity contribution in [2.45, 2.75) is 58.7 Å². The van der Waals surface area contributed by atoms with Crippen LogP contribution in [0.25, 0.3) is 0 Å². The van der Waals surface area contributed by atoms with Gasteiger partial charge in [-0.1, -0.05) is 13.5 Å². The van der Waals surface area contributed by atoms with Crippen LogP contribution in [0, 0.1) is 0 Å². The number of rotatable bonds is 11. The molecular formula is C15H32N2O2. The van der Waals surface area contributed by atoms with Gasteiger partial charge in [0.2, 0.25) is 0 Å². The van der Waals surface area contributed by atoms with Gasteiger partial charge in [-0.2, -0.15) is 0 Å². The zero-order valence-corrected chi connectivity index (χ0v) is 13.3. The molecule has 114 valence electrons. The summed E-state index contributed by atoms with van der Waals surface area (Å²) in [6, 6.07) is 0. The lowest BCUT2D eigenvalue weighted by atomic mass is 10.1. The second kappa shape index (κ2) is 8.56. The molecule has 0 aromatic heterocycles. The van der Waals surface area contributed by atoms with E-state index in [2.05, 4.69) is 46.5 Å². The maximum Gasteiger partial charge on any atom is 0.0797 e. The summed E-state index contributed by atoms with van der Waals surface area (Å²) in [5.74, 6) is 0. The minimum atomic E-state index is -0.206. The molecule has 0 saturated heterocycles. The van der Waals surface area contributed by atoms with Gasteiger partial charge in [0.15, 0.2) is 0 Å². The fourth-order valence-electron chi connectivity index (χ4n) is 1.49. The first-order valence-corrected chi connectivity index (χ1v) is 7.12. The summed E-state index contributed by atoms with van der Waals surface area (Å²) >= 11 is 0. The molecule has 0 atom stereocenters. The molecule has 0 fully saturated rings. The van der Waals surface area contributed by atoms with Gasteiger partial charge in [0.25, 0.3) is 0 Å². The third-order valence-corrected chi connectivity index (χ3v) is 3.00. The zero-order chi connectivity index (χ0) is 14.9. The van der Waals surface area contributed by atoms with E-state index < -0.39 is 0 Å². The Morgan fingerprint density at radius 2 is 1.68 bits per heavy atom. The molecule has 0 bridgehead atoms. The van der Waals surface area contributed by atoms with Crippen LogP contribution < -0.4 is 11.1 Å². The van der Waals surface area contributed by atoms with Crippen molar-refractivity contribution >= 4 is 0 Å². The molecule has 0 rings (SSSR count). The highest BCUT2D eigenvalue weighted by atomic mass is 16.5. The lowest BCUT2D eigenvalue weighted by Crippen LogP contribution is -2.38. The van der Waals surface area contributed by atoms with E-state index in [4.69, 9.17) is 15.2 Å². The molecule has 3 N–H and O–H groups in total. The summed E-state index contributed by atoms with van der Waals surface area (Å²) < 4.78 is 11.6. The van der Waals surface area contributed by atoms with Crippen LogP contribution in [0.1, 0.15) is 47.5 Å². The van der Waals surface area contributed by atoms with Gasteiger partial charge >= 0.3 is 0 Å². The van der Waals surface area contributed by atoms with Crippen molar-refractivity contribution in [1.29, 1.82) is 0 Å². The van der Waals surface area contributed by atoms with Crippen LogP contribution in [0.2, 0.25) is 0 Å². The molecule has 4 nitrogen and oxygen atoms in total. The number of nitrogens with two attached hydrogens (primary N) is 1. The first kappa shape index (κ1) is 18.4. The molecule has 0 radical (unpaired) electrons. The molecule has 19 heavy (non-hydrogen) atoms. The molecule has 0 aliphatic heterocycles. The lowest BCUT2D eigenvalue weighted by molar-refractivity contribution is -0.0687. The molecule has 0 aliphatic rings. The molecule has 0 aromatic carbocycles. The first-order chi connectivity index (χ1) is 8.72. The minimum absolute atomic E-state index is 0.185. The number of allylic oxidation sites excluding steroid dienone is 1. The van der Waals surface area contributed by atoms with Crippen LogP contribution in [-0.4, -0.2) is 37.5 Å². The normalized spacial score (nSPS) is 12.5. The van der Waals surface area contributed by atoms with Gasteiger partial charge in [-0.3, -0.25) is 0 Å². The van der Waals surface area contributed by atoms with E-state index in [1.54, 1.807) is 0 Å².